The van der Waals surface area contributed by atoms with Gasteiger partial charge in [-0.05, 0) is 26.0 Å². The summed E-state index contributed by atoms with van der Waals surface area (Å²) in [5.74, 6) is 0.444. The van der Waals surface area contributed by atoms with Crippen LogP contribution in [0.25, 0.3) is 0 Å². The van der Waals surface area contributed by atoms with Crippen LogP contribution >= 0.6 is 0 Å². The maximum absolute atomic E-state index is 11.8. The van der Waals surface area contributed by atoms with E-state index in [2.05, 4.69) is 9.97 Å². The van der Waals surface area contributed by atoms with E-state index < -0.39 is 0 Å². The van der Waals surface area contributed by atoms with Gasteiger partial charge < -0.3 is 5.73 Å². The predicted octanol–water partition coefficient (Wildman–Crippen LogP) is 0.886. The van der Waals surface area contributed by atoms with Crippen LogP contribution in [-0.2, 0) is 6.54 Å². The fourth-order valence-electron chi connectivity index (χ4n) is 1.72. The molecule has 0 aliphatic carbocycles. The average molecular weight is 230 g/mol. The van der Waals surface area contributed by atoms with E-state index in [-0.39, 0.29) is 5.69 Å². The summed E-state index contributed by atoms with van der Waals surface area (Å²) in [5.41, 5.74) is 7.91. The Kier molecular flexibility index (Phi) is 2.91. The van der Waals surface area contributed by atoms with Crippen molar-refractivity contribution in [2.45, 2.75) is 20.4 Å². The van der Waals surface area contributed by atoms with Gasteiger partial charge in [0.2, 0.25) is 0 Å². The van der Waals surface area contributed by atoms with Crippen molar-refractivity contribution in [3.8, 4) is 0 Å². The fourth-order valence-corrected chi connectivity index (χ4v) is 1.72. The maximum Gasteiger partial charge on any atom is 0.348 e. The molecule has 0 atom stereocenters. The average Bonchev–Trinajstić information content (AvgIpc) is 2.25. The van der Waals surface area contributed by atoms with Gasteiger partial charge in [0.05, 0.1) is 6.54 Å². The number of aromatic nitrogens is 3. The number of rotatable bonds is 2. The second kappa shape index (κ2) is 4.37. The first-order valence-corrected chi connectivity index (χ1v) is 5.32. The molecule has 17 heavy (non-hydrogen) atoms. The first-order chi connectivity index (χ1) is 8.08. The van der Waals surface area contributed by atoms with Gasteiger partial charge in [-0.15, -0.1) is 0 Å². The molecule has 0 fully saturated rings. The van der Waals surface area contributed by atoms with Crippen molar-refractivity contribution in [2.24, 2.45) is 0 Å². The number of pyridine rings is 1. The molecule has 0 spiro atoms. The first-order valence-electron chi connectivity index (χ1n) is 5.32. The molecule has 88 valence electrons. The van der Waals surface area contributed by atoms with Crippen molar-refractivity contribution in [1.29, 1.82) is 0 Å². The summed E-state index contributed by atoms with van der Waals surface area (Å²) >= 11 is 0. The van der Waals surface area contributed by atoms with E-state index in [1.807, 2.05) is 19.1 Å². The molecule has 5 nitrogen and oxygen atoms in total. The molecule has 0 unspecified atom stereocenters. The minimum atomic E-state index is -0.259. The SMILES string of the molecule is Cc1cc(C)n(Cc2cccnc2N)c(=O)n1. The lowest BCUT2D eigenvalue weighted by Gasteiger charge is -2.10. The number of nitrogens with two attached hydrogens (primary N) is 1. The maximum atomic E-state index is 11.8. The van der Waals surface area contributed by atoms with Gasteiger partial charge in [-0.1, -0.05) is 6.07 Å². The zero-order valence-corrected chi connectivity index (χ0v) is 9.84. The van der Waals surface area contributed by atoms with E-state index >= 15 is 0 Å². The van der Waals surface area contributed by atoms with Gasteiger partial charge in [0.25, 0.3) is 0 Å². The van der Waals surface area contributed by atoms with E-state index in [1.54, 1.807) is 23.8 Å². The molecule has 0 saturated heterocycles. The van der Waals surface area contributed by atoms with E-state index in [4.69, 9.17) is 5.73 Å². The Balaban J connectivity index is 2.44. The molecule has 2 N–H and O–H groups in total. The highest BCUT2D eigenvalue weighted by Gasteiger charge is 2.06. The minimum absolute atomic E-state index is 0.259. The van der Waals surface area contributed by atoms with Crippen LogP contribution in [0.15, 0.2) is 29.2 Å². The third kappa shape index (κ3) is 2.33. The molecule has 5 heteroatoms. The van der Waals surface area contributed by atoms with Gasteiger partial charge in [-0.25, -0.2) is 9.78 Å². The number of nitrogens with zero attached hydrogens (tertiary/aromatic N) is 3. The van der Waals surface area contributed by atoms with E-state index in [1.165, 1.54) is 0 Å². The lowest BCUT2D eigenvalue weighted by Crippen LogP contribution is -2.26. The third-order valence-electron chi connectivity index (χ3n) is 2.60. The molecule has 2 heterocycles. The Hall–Kier alpha value is -2.17. The summed E-state index contributed by atoms with van der Waals surface area (Å²) in [6, 6.07) is 5.52. The lowest BCUT2D eigenvalue weighted by atomic mass is 10.2. The molecule has 0 aliphatic rings. The number of anilines is 1. The van der Waals surface area contributed by atoms with E-state index in [0.29, 0.717) is 12.4 Å². The summed E-state index contributed by atoms with van der Waals surface area (Å²) in [5, 5.41) is 0. The van der Waals surface area contributed by atoms with Gasteiger partial charge in [0, 0.05) is 23.1 Å². The largest absolute Gasteiger partial charge is 0.383 e. The van der Waals surface area contributed by atoms with Crippen molar-refractivity contribution in [1.82, 2.24) is 14.5 Å². The van der Waals surface area contributed by atoms with Gasteiger partial charge >= 0.3 is 5.69 Å². The molecule has 0 bridgehead atoms. The zero-order valence-electron chi connectivity index (χ0n) is 9.84. The molecule has 0 aliphatic heterocycles. The summed E-state index contributed by atoms with van der Waals surface area (Å²) < 4.78 is 1.58. The number of aryl methyl sites for hydroxylation is 2. The smallest absolute Gasteiger partial charge is 0.348 e. The van der Waals surface area contributed by atoms with Crippen molar-refractivity contribution in [3.05, 3.63) is 51.8 Å². The van der Waals surface area contributed by atoms with Crippen LogP contribution in [-0.4, -0.2) is 14.5 Å². The van der Waals surface area contributed by atoms with Gasteiger partial charge in [-0.2, -0.15) is 4.98 Å². The van der Waals surface area contributed by atoms with Crippen LogP contribution in [0.3, 0.4) is 0 Å². The van der Waals surface area contributed by atoms with Crippen molar-refractivity contribution >= 4 is 5.82 Å². The highest BCUT2D eigenvalue weighted by atomic mass is 16.1. The lowest BCUT2D eigenvalue weighted by molar-refractivity contribution is 0.693. The van der Waals surface area contributed by atoms with Gasteiger partial charge in [-0.3, -0.25) is 4.57 Å². The van der Waals surface area contributed by atoms with E-state index in [0.717, 1.165) is 17.0 Å². The summed E-state index contributed by atoms with van der Waals surface area (Å²) in [7, 11) is 0. The molecule has 0 radical (unpaired) electrons. The summed E-state index contributed by atoms with van der Waals surface area (Å²) in [4.78, 5) is 19.7. The molecular formula is C12H14N4O. The second-order valence-corrected chi connectivity index (χ2v) is 3.96. The Morgan fingerprint density at radius 3 is 2.82 bits per heavy atom. The number of hydrogen-bond donors (Lipinski definition) is 1. The van der Waals surface area contributed by atoms with Gasteiger partial charge in [0.15, 0.2) is 0 Å². The fraction of sp³-hybridized carbons (Fsp3) is 0.250. The van der Waals surface area contributed by atoms with Crippen molar-refractivity contribution in [2.75, 3.05) is 5.73 Å². The van der Waals surface area contributed by atoms with Crippen LogP contribution < -0.4 is 11.4 Å². The highest BCUT2D eigenvalue weighted by molar-refractivity contribution is 5.38. The van der Waals surface area contributed by atoms with Crippen LogP contribution in [0, 0.1) is 13.8 Å². The molecular weight excluding hydrogens is 216 g/mol. The summed E-state index contributed by atoms with van der Waals surface area (Å²) in [6.45, 7) is 4.08. The Morgan fingerprint density at radius 2 is 2.18 bits per heavy atom. The molecule has 2 aromatic heterocycles. The van der Waals surface area contributed by atoms with Crippen molar-refractivity contribution < 1.29 is 0 Å². The monoisotopic (exact) mass is 230 g/mol. The van der Waals surface area contributed by atoms with Crippen LogP contribution in [0.4, 0.5) is 5.82 Å². The predicted molar refractivity (Wildman–Crippen MR) is 65.7 cm³/mol. The molecule has 0 saturated carbocycles. The van der Waals surface area contributed by atoms with Crippen LogP contribution in [0.1, 0.15) is 17.0 Å². The standard InChI is InChI=1S/C12H14N4O/c1-8-6-9(2)16(12(17)15-8)7-10-4-3-5-14-11(10)13/h3-6H,7H2,1-2H3,(H2,13,14). The number of hydrogen-bond acceptors (Lipinski definition) is 4. The Labute approximate surface area is 99.0 Å². The van der Waals surface area contributed by atoms with Crippen LogP contribution in [0.2, 0.25) is 0 Å². The molecule has 0 aromatic carbocycles. The third-order valence-corrected chi connectivity index (χ3v) is 2.60. The zero-order chi connectivity index (χ0) is 12.4. The molecule has 2 rings (SSSR count). The second-order valence-electron chi connectivity index (χ2n) is 3.96. The van der Waals surface area contributed by atoms with Gasteiger partial charge in [0.1, 0.15) is 5.82 Å². The molecule has 2 aromatic rings. The minimum Gasteiger partial charge on any atom is -0.383 e. The quantitative estimate of drug-likeness (QED) is 0.831. The first kappa shape index (κ1) is 11.3. The normalized spacial score (nSPS) is 10.5. The van der Waals surface area contributed by atoms with E-state index in [9.17, 15) is 4.79 Å². The van der Waals surface area contributed by atoms with Crippen LogP contribution in [0.5, 0.6) is 0 Å². The number of nitrogen functional groups attached to an aromatic ring is 1. The highest BCUT2D eigenvalue weighted by Crippen LogP contribution is 2.09. The Morgan fingerprint density at radius 1 is 1.41 bits per heavy atom. The van der Waals surface area contributed by atoms with Crippen molar-refractivity contribution in [3.63, 3.8) is 0 Å². The Bertz CT molecular complexity index is 604. The summed E-state index contributed by atoms with van der Waals surface area (Å²) in [6.07, 6.45) is 1.63. The topological polar surface area (TPSA) is 73.8 Å². The molecule has 0 amide bonds.